The summed E-state index contributed by atoms with van der Waals surface area (Å²) in [6.45, 7) is 1.66. The zero-order valence-corrected chi connectivity index (χ0v) is 13.4. The molecule has 0 unspecified atom stereocenters. The van der Waals surface area contributed by atoms with Gasteiger partial charge in [0.2, 0.25) is 5.89 Å². The molecule has 24 heavy (non-hydrogen) atoms. The van der Waals surface area contributed by atoms with Gasteiger partial charge in [0, 0.05) is 24.3 Å². The number of hydrogen-bond donors (Lipinski definition) is 2. The van der Waals surface area contributed by atoms with E-state index in [2.05, 4.69) is 25.4 Å². The number of rotatable bonds is 4. The second-order valence-corrected chi connectivity index (χ2v) is 5.36. The van der Waals surface area contributed by atoms with Crippen LogP contribution in [0.4, 0.5) is 5.82 Å². The van der Waals surface area contributed by atoms with Crippen LogP contribution in [0.1, 0.15) is 33.8 Å². The first kappa shape index (κ1) is 15.9. The van der Waals surface area contributed by atoms with Gasteiger partial charge in [0.05, 0.1) is 0 Å². The van der Waals surface area contributed by atoms with Crippen LogP contribution in [0.2, 0.25) is 5.02 Å². The first-order valence-corrected chi connectivity index (χ1v) is 7.35. The van der Waals surface area contributed by atoms with Gasteiger partial charge in [0.25, 0.3) is 5.91 Å². The summed E-state index contributed by atoms with van der Waals surface area (Å²) in [7, 11) is 0. The second-order valence-electron chi connectivity index (χ2n) is 4.92. The molecule has 0 radical (unpaired) electrons. The van der Waals surface area contributed by atoms with E-state index in [1.54, 1.807) is 31.2 Å². The fraction of sp³-hybridized carbons (Fsp3) is 0.133. The first-order valence-electron chi connectivity index (χ1n) is 6.97. The van der Waals surface area contributed by atoms with E-state index >= 15 is 0 Å². The molecule has 1 atom stereocenters. The molecular formula is C15H13ClN6O2. The van der Waals surface area contributed by atoms with E-state index in [1.165, 1.54) is 12.4 Å². The van der Waals surface area contributed by atoms with Crippen LogP contribution in [0.15, 0.2) is 41.2 Å². The number of nitrogens with zero attached hydrogens (tertiary/aromatic N) is 4. The van der Waals surface area contributed by atoms with Crippen molar-refractivity contribution in [3.8, 4) is 0 Å². The summed E-state index contributed by atoms with van der Waals surface area (Å²) in [5.41, 5.74) is 6.45. The second kappa shape index (κ2) is 6.63. The maximum atomic E-state index is 12.5. The highest BCUT2D eigenvalue weighted by Gasteiger charge is 2.24. The minimum Gasteiger partial charge on any atom is -0.382 e. The molecule has 0 saturated heterocycles. The Labute approximate surface area is 142 Å². The monoisotopic (exact) mass is 344 g/mol. The molecule has 0 fully saturated rings. The molecule has 3 N–H and O–H groups in total. The van der Waals surface area contributed by atoms with Crippen LogP contribution in [0.25, 0.3) is 0 Å². The number of hydrogen-bond acceptors (Lipinski definition) is 7. The van der Waals surface area contributed by atoms with Crippen LogP contribution in [-0.4, -0.2) is 26.0 Å². The van der Waals surface area contributed by atoms with Gasteiger partial charge >= 0.3 is 0 Å². The SMILES string of the molecule is Cc1nc([C@H](NC(=O)c2nccnc2N)c2ccc(Cl)cc2)no1. The van der Waals surface area contributed by atoms with Gasteiger partial charge in [-0.3, -0.25) is 4.79 Å². The fourth-order valence-corrected chi connectivity index (χ4v) is 2.23. The van der Waals surface area contributed by atoms with Crippen LogP contribution in [0.5, 0.6) is 0 Å². The first-order chi connectivity index (χ1) is 11.5. The number of nitrogens with two attached hydrogens (primary N) is 1. The molecular weight excluding hydrogens is 332 g/mol. The maximum Gasteiger partial charge on any atom is 0.274 e. The number of amides is 1. The molecule has 0 saturated carbocycles. The highest BCUT2D eigenvalue weighted by molar-refractivity contribution is 6.30. The van der Waals surface area contributed by atoms with E-state index in [-0.39, 0.29) is 11.5 Å². The van der Waals surface area contributed by atoms with Crippen LogP contribution < -0.4 is 11.1 Å². The van der Waals surface area contributed by atoms with E-state index in [4.69, 9.17) is 21.9 Å². The number of halogens is 1. The van der Waals surface area contributed by atoms with E-state index in [9.17, 15) is 4.79 Å². The Hall–Kier alpha value is -3.00. The molecule has 2 aromatic heterocycles. The molecule has 1 amide bonds. The number of nitrogens with one attached hydrogen (secondary N) is 1. The minimum absolute atomic E-state index is 0.0247. The van der Waals surface area contributed by atoms with Gasteiger partial charge in [-0.25, -0.2) is 9.97 Å². The third-order valence-corrected chi connectivity index (χ3v) is 3.47. The summed E-state index contributed by atoms with van der Waals surface area (Å²) in [6, 6.07) is 6.30. The summed E-state index contributed by atoms with van der Waals surface area (Å²) in [4.78, 5) is 24.5. The third kappa shape index (κ3) is 3.33. The predicted molar refractivity (Wildman–Crippen MR) is 86.2 cm³/mol. The van der Waals surface area contributed by atoms with Crippen molar-refractivity contribution < 1.29 is 9.32 Å². The van der Waals surface area contributed by atoms with E-state index in [0.29, 0.717) is 16.7 Å². The van der Waals surface area contributed by atoms with Crippen molar-refractivity contribution in [3.63, 3.8) is 0 Å². The largest absolute Gasteiger partial charge is 0.382 e. The number of carbonyl (C=O) groups excluding carboxylic acids is 1. The van der Waals surface area contributed by atoms with Crippen LogP contribution in [-0.2, 0) is 0 Å². The Morgan fingerprint density at radius 1 is 1.25 bits per heavy atom. The molecule has 3 aromatic rings. The van der Waals surface area contributed by atoms with Crippen molar-refractivity contribution >= 4 is 23.3 Å². The van der Waals surface area contributed by atoms with Gasteiger partial charge in [-0.15, -0.1) is 0 Å². The lowest BCUT2D eigenvalue weighted by atomic mass is 10.1. The van der Waals surface area contributed by atoms with Crippen molar-refractivity contribution in [2.24, 2.45) is 0 Å². The van der Waals surface area contributed by atoms with Crippen LogP contribution >= 0.6 is 11.6 Å². The van der Waals surface area contributed by atoms with Gasteiger partial charge in [-0.2, -0.15) is 4.98 Å². The molecule has 8 nitrogen and oxygen atoms in total. The molecule has 9 heteroatoms. The van der Waals surface area contributed by atoms with Gasteiger partial charge in [0.15, 0.2) is 17.3 Å². The summed E-state index contributed by atoms with van der Waals surface area (Å²) in [5.74, 6) is 0.236. The molecule has 0 aliphatic rings. The van der Waals surface area contributed by atoms with E-state index < -0.39 is 11.9 Å². The highest BCUT2D eigenvalue weighted by Crippen LogP contribution is 2.22. The van der Waals surface area contributed by atoms with Gasteiger partial charge in [0.1, 0.15) is 6.04 Å². The molecule has 3 rings (SSSR count). The molecule has 0 aliphatic carbocycles. The standard InChI is InChI=1S/C15H13ClN6O2/c1-8-20-14(22-24-8)11(9-2-4-10(16)5-3-9)21-15(23)12-13(17)19-7-6-18-12/h2-7,11H,1H3,(H2,17,19)(H,21,23)/t11-/m1/s1. The zero-order chi connectivity index (χ0) is 17.1. The third-order valence-electron chi connectivity index (χ3n) is 3.22. The summed E-state index contributed by atoms with van der Waals surface area (Å²) >= 11 is 5.92. The zero-order valence-electron chi connectivity index (χ0n) is 12.6. The Bertz CT molecular complexity index is 864. The number of aromatic nitrogens is 4. The molecule has 122 valence electrons. The quantitative estimate of drug-likeness (QED) is 0.741. The average molecular weight is 345 g/mol. The van der Waals surface area contributed by atoms with Crippen molar-refractivity contribution in [1.29, 1.82) is 0 Å². The van der Waals surface area contributed by atoms with Gasteiger partial charge in [-0.05, 0) is 17.7 Å². The Balaban J connectivity index is 1.95. The number of aryl methyl sites for hydroxylation is 1. The molecule has 0 bridgehead atoms. The van der Waals surface area contributed by atoms with Crippen molar-refractivity contribution in [3.05, 3.63) is 64.7 Å². The number of anilines is 1. The lowest BCUT2D eigenvalue weighted by Crippen LogP contribution is -2.31. The normalized spacial score (nSPS) is 11.9. The Morgan fingerprint density at radius 3 is 2.58 bits per heavy atom. The van der Waals surface area contributed by atoms with E-state index in [1.807, 2.05) is 0 Å². The van der Waals surface area contributed by atoms with Crippen molar-refractivity contribution in [2.75, 3.05) is 5.73 Å². The fourth-order valence-electron chi connectivity index (χ4n) is 2.11. The molecule has 1 aromatic carbocycles. The van der Waals surface area contributed by atoms with Gasteiger partial charge < -0.3 is 15.6 Å². The number of benzene rings is 1. The highest BCUT2D eigenvalue weighted by atomic mass is 35.5. The maximum absolute atomic E-state index is 12.5. The smallest absolute Gasteiger partial charge is 0.274 e. The summed E-state index contributed by atoms with van der Waals surface area (Å²) < 4.78 is 5.01. The summed E-state index contributed by atoms with van der Waals surface area (Å²) in [6.07, 6.45) is 2.80. The van der Waals surface area contributed by atoms with Crippen LogP contribution in [0, 0.1) is 6.92 Å². The minimum atomic E-state index is -0.645. The lowest BCUT2D eigenvalue weighted by Gasteiger charge is -2.16. The number of carbonyl (C=O) groups is 1. The molecule has 0 spiro atoms. The van der Waals surface area contributed by atoms with Crippen molar-refractivity contribution in [1.82, 2.24) is 25.4 Å². The predicted octanol–water partition coefficient (Wildman–Crippen LogP) is 1.92. The van der Waals surface area contributed by atoms with Gasteiger partial charge in [-0.1, -0.05) is 28.9 Å². The van der Waals surface area contributed by atoms with E-state index in [0.717, 1.165) is 5.56 Å². The lowest BCUT2D eigenvalue weighted by molar-refractivity contribution is 0.0937. The summed E-state index contributed by atoms with van der Waals surface area (Å²) in [5, 5.41) is 7.25. The Morgan fingerprint density at radius 2 is 1.96 bits per heavy atom. The molecule has 2 heterocycles. The average Bonchev–Trinajstić information content (AvgIpc) is 3.00. The molecule has 0 aliphatic heterocycles. The number of nitrogen functional groups attached to an aromatic ring is 1. The van der Waals surface area contributed by atoms with Crippen LogP contribution in [0.3, 0.4) is 0 Å². The topological polar surface area (TPSA) is 120 Å². The Kier molecular flexibility index (Phi) is 4.39. The van der Waals surface area contributed by atoms with Crippen molar-refractivity contribution in [2.45, 2.75) is 13.0 Å².